The quantitative estimate of drug-likeness (QED) is 0.362. The Balaban J connectivity index is 1.50. The lowest BCUT2D eigenvalue weighted by Crippen LogP contribution is -2.26. The fraction of sp³-hybridized carbons (Fsp3) is 0.182. The minimum absolute atomic E-state index is 0.0520. The summed E-state index contributed by atoms with van der Waals surface area (Å²) in [6, 6.07) is 25.8. The number of para-hydroxylation sites is 1. The molecule has 0 atom stereocenters. The van der Waals surface area contributed by atoms with Crippen LogP contribution >= 0.6 is 0 Å². The van der Waals surface area contributed by atoms with Gasteiger partial charge in [-0.1, -0.05) is 83.9 Å². The maximum atomic E-state index is 6.36. The molecule has 3 aromatic carbocycles. The Morgan fingerprint density at radius 2 is 1.40 bits per heavy atom. The normalized spacial score (nSPS) is 17.9. The average Bonchev–Trinajstić information content (AvgIpc) is 3.05. The highest BCUT2D eigenvalue weighted by molar-refractivity contribution is 6.03. The van der Waals surface area contributed by atoms with E-state index in [0.717, 1.165) is 22.7 Å². The number of aryl methyl sites for hydroxylation is 2. The van der Waals surface area contributed by atoms with Gasteiger partial charge in [0.2, 0.25) is 5.69 Å². The highest BCUT2D eigenvalue weighted by Gasteiger charge is 2.42. The molecule has 0 bridgehead atoms. The van der Waals surface area contributed by atoms with E-state index >= 15 is 0 Å². The number of hydrogen-bond acceptors (Lipinski definition) is 1. The maximum absolute atomic E-state index is 6.36. The summed E-state index contributed by atoms with van der Waals surface area (Å²) in [5.74, 6) is 1.69. The smallest absolute Gasteiger partial charge is 0.209 e. The lowest BCUT2D eigenvalue weighted by Gasteiger charge is -2.18. The third-order valence-electron chi connectivity index (χ3n) is 6.99. The third-order valence-corrected chi connectivity index (χ3v) is 6.99. The molecule has 3 aromatic rings. The molecular weight excluding hydrogens is 426 g/mol. The largest absolute Gasteiger partial charge is 0.457 e. The molecule has 0 unspecified atom stereocenters. The number of hydrogen-bond donors (Lipinski definition) is 0. The van der Waals surface area contributed by atoms with E-state index in [0.29, 0.717) is 0 Å². The predicted octanol–water partition coefficient (Wildman–Crippen LogP) is 7.90. The number of nitrogens with zero attached hydrogens (tertiary/aromatic N) is 1. The van der Waals surface area contributed by atoms with Gasteiger partial charge in [0.05, 0.1) is 5.41 Å². The summed E-state index contributed by atoms with van der Waals surface area (Å²) in [5, 5.41) is 0. The highest BCUT2D eigenvalue weighted by Crippen LogP contribution is 2.39. The minimum Gasteiger partial charge on any atom is -0.457 e. The topological polar surface area (TPSA) is 12.2 Å². The zero-order chi connectivity index (χ0) is 24.6. The van der Waals surface area contributed by atoms with Crippen molar-refractivity contribution >= 4 is 22.7 Å². The first-order valence-corrected chi connectivity index (χ1v) is 12.2. The van der Waals surface area contributed by atoms with Crippen LogP contribution in [0.1, 0.15) is 41.7 Å². The Morgan fingerprint density at radius 1 is 0.771 bits per heavy atom. The van der Waals surface area contributed by atoms with Crippen LogP contribution in [0.5, 0.6) is 0 Å². The van der Waals surface area contributed by atoms with E-state index in [2.05, 4.69) is 142 Å². The minimum atomic E-state index is -0.0520. The summed E-state index contributed by atoms with van der Waals surface area (Å²) in [4.78, 5) is 0. The molecule has 0 saturated heterocycles. The summed E-state index contributed by atoms with van der Waals surface area (Å²) >= 11 is 0. The molecule has 0 aliphatic carbocycles. The fourth-order valence-electron chi connectivity index (χ4n) is 4.91. The Hall–Kier alpha value is -3.91. The van der Waals surface area contributed by atoms with Crippen LogP contribution in [0.4, 0.5) is 5.69 Å². The molecular formula is C33H32NO+. The maximum Gasteiger partial charge on any atom is 0.209 e. The van der Waals surface area contributed by atoms with Crippen molar-refractivity contribution in [1.82, 2.24) is 0 Å². The van der Waals surface area contributed by atoms with Crippen molar-refractivity contribution in [2.45, 2.75) is 33.1 Å². The van der Waals surface area contributed by atoms with Crippen LogP contribution in [0.15, 0.2) is 109 Å². The number of fused-ring (bicyclic) bond motifs is 1. The second-order valence-electron chi connectivity index (χ2n) is 9.96. The molecule has 0 saturated carbocycles. The zero-order valence-electron chi connectivity index (χ0n) is 21.2. The van der Waals surface area contributed by atoms with Gasteiger partial charge in [0.15, 0.2) is 5.71 Å². The van der Waals surface area contributed by atoms with Gasteiger partial charge in [-0.25, -0.2) is 0 Å². The first-order valence-electron chi connectivity index (χ1n) is 12.2. The van der Waals surface area contributed by atoms with Crippen molar-refractivity contribution in [3.8, 4) is 0 Å². The second kappa shape index (κ2) is 9.03. The first-order chi connectivity index (χ1) is 16.8. The van der Waals surface area contributed by atoms with Gasteiger partial charge in [-0.05, 0) is 57.1 Å². The Bertz CT molecular complexity index is 1430. The van der Waals surface area contributed by atoms with E-state index in [-0.39, 0.29) is 5.41 Å². The number of ether oxygens (including phenoxy) is 1. The molecule has 0 spiro atoms. The van der Waals surface area contributed by atoms with Crippen LogP contribution in [0.25, 0.3) is 11.3 Å². The van der Waals surface area contributed by atoms with Gasteiger partial charge in [-0.2, -0.15) is 4.58 Å². The van der Waals surface area contributed by atoms with E-state index in [4.69, 9.17) is 4.74 Å². The molecule has 2 aliphatic rings. The highest BCUT2D eigenvalue weighted by atomic mass is 16.5. The van der Waals surface area contributed by atoms with Gasteiger partial charge in [0, 0.05) is 23.3 Å². The van der Waals surface area contributed by atoms with Crippen molar-refractivity contribution in [2.75, 3.05) is 7.05 Å². The van der Waals surface area contributed by atoms with E-state index in [9.17, 15) is 0 Å². The summed E-state index contributed by atoms with van der Waals surface area (Å²) < 4.78 is 8.65. The zero-order valence-corrected chi connectivity index (χ0v) is 21.2. The molecule has 2 nitrogen and oxygen atoms in total. The second-order valence-corrected chi connectivity index (χ2v) is 9.96. The summed E-state index contributed by atoms with van der Waals surface area (Å²) in [6.07, 6.45) is 10.6. The van der Waals surface area contributed by atoms with E-state index < -0.39 is 0 Å². The van der Waals surface area contributed by atoms with Crippen molar-refractivity contribution in [1.29, 1.82) is 0 Å². The van der Waals surface area contributed by atoms with Crippen LogP contribution < -0.4 is 0 Å². The molecule has 35 heavy (non-hydrogen) atoms. The predicted molar refractivity (Wildman–Crippen MR) is 147 cm³/mol. The first kappa shape index (κ1) is 22.9. The molecule has 174 valence electrons. The molecule has 0 N–H and O–H groups in total. The van der Waals surface area contributed by atoms with Crippen molar-refractivity contribution < 1.29 is 9.31 Å². The fourth-order valence-corrected chi connectivity index (χ4v) is 4.91. The summed E-state index contributed by atoms with van der Waals surface area (Å²) in [6.45, 7) is 8.79. The van der Waals surface area contributed by atoms with E-state index in [1.807, 2.05) is 0 Å². The van der Waals surface area contributed by atoms with Gasteiger partial charge < -0.3 is 4.74 Å². The number of benzene rings is 3. The van der Waals surface area contributed by atoms with Gasteiger partial charge >= 0.3 is 0 Å². The summed E-state index contributed by atoms with van der Waals surface area (Å²) in [7, 11) is 2.14. The van der Waals surface area contributed by atoms with E-state index in [1.165, 1.54) is 33.7 Å². The molecule has 0 radical (unpaired) electrons. The van der Waals surface area contributed by atoms with Crippen molar-refractivity contribution in [2.24, 2.45) is 0 Å². The van der Waals surface area contributed by atoms with Crippen LogP contribution in [0.3, 0.4) is 0 Å². The van der Waals surface area contributed by atoms with Crippen LogP contribution in [0.2, 0.25) is 0 Å². The monoisotopic (exact) mass is 458 g/mol. The lowest BCUT2D eigenvalue weighted by atomic mass is 9.81. The molecule has 0 aromatic heterocycles. The van der Waals surface area contributed by atoms with Gasteiger partial charge in [0.25, 0.3) is 0 Å². The van der Waals surface area contributed by atoms with Crippen molar-refractivity contribution in [3.05, 3.63) is 137 Å². The van der Waals surface area contributed by atoms with Gasteiger partial charge in [0.1, 0.15) is 18.6 Å². The SMILES string of the molecule is Cc1ccc(C2=CC(=CC=CC3=[N+](C)c4ccccc4C3(C)C)OC(c3ccc(C)cc3)=C2)cc1. The molecule has 5 rings (SSSR count). The van der Waals surface area contributed by atoms with Gasteiger partial charge in [-0.15, -0.1) is 0 Å². The third kappa shape index (κ3) is 4.44. The Labute approximate surface area is 208 Å². The number of rotatable bonds is 4. The molecule has 2 heterocycles. The molecule has 2 heteroatoms. The van der Waals surface area contributed by atoms with Crippen LogP contribution in [-0.2, 0) is 10.2 Å². The van der Waals surface area contributed by atoms with Gasteiger partial charge in [-0.3, -0.25) is 0 Å². The Morgan fingerprint density at radius 3 is 2.06 bits per heavy atom. The lowest BCUT2D eigenvalue weighted by molar-refractivity contribution is -0.401. The van der Waals surface area contributed by atoms with E-state index in [1.54, 1.807) is 0 Å². The van der Waals surface area contributed by atoms with Crippen LogP contribution in [0, 0.1) is 13.8 Å². The number of allylic oxidation sites excluding steroid dienone is 6. The van der Waals surface area contributed by atoms with Crippen LogP contribution in [-0.4, -0.2) is 17.3 Å². The molecule has 2 aliphatic heterocycles. The molecule has 0 amide bonds. The molecule has 0 fully saturated rings. The standard InChI is InChI=1S/C33H32NO/c1-23-13-17-25(18-14-23)27-21-28(35-31(22-27)26-19-15-24(2)16-20-26)9-8-12-32-33(3,4)29-10-6-7-11-30(29)34(32)5/h6-22H,1-5H3/q+1. The van der Waals surface area contributed by atoms with Crippen molar-refractivity contribution in [3.63, 3.8) is 0 Å². The average molecular weight is 459 g/mol. The summed E-state index contributed by atoms with van der Waals surface area (Å²) in [5.41, 5.74) is 9.73. The Kier molecular flexibility index (Phi) is 5.90.